The van der Waals surface area contributed by atoms with E-state index >= 15 is 0 Å². The van der Waals surface area contributed by atoms with Gasteiger partial charge < -0.3 is 10.1 Å². The van der Waals surface area contributed by atoms with Crippen LogP contribution in [-0.4, -0.2) is 26.2 Å². The van der Waals surface area contributed by atoms with E-state index in [1.54, 1.807) is 13.2 Å². The van der Waals surface area contributed by atoms with Gasteiger partial charge in [-0.2, -0.15) is 5.26 Å². The third-order valence-electron chi connectivity index (χ3n) is 1.34. The van der Waals surface area contributed by atoms with E-state index in [2.05, 4.69) is 5.32 Å². The Morgan fingerprint density at radius 2 is 2.42 bits per heavy atom. The van der Waals surface area contributed by atoms with Crippen molar-refractivity contribution >= 4 is 5.91 Å². The summed E-state index contributed by atoms with van der Waals surface area (Å²) in [5, 5.41) is 10.8. The average molecular weight is 170 g/mol. The largest absolute Gasteiger partial charge is 0.384 e. The van der Waals surface area contributed by atoms with E-state index in [4.69, 9.17) is 10.00 Å². The second-order valence-corrected chi connectivity index (χ2v) is 2.70. The van der Waals surface area contributed by atoms with E-state index in [-0.39, 0.29) is 18.2 Å². The SMILES string of the molecule is COCC(C)CNC(=O)CC#N. The number of hydrogen-bond donors (Lipinski definition) is 1. The lowest BCUT2D eigenvalue weighted by Crippen LogP contribution is -2.29. The van der Waals surface area contributed by atoms with Gasteiger partial charge in [0.05, 0.1) is 12.7 Å². The van der Waals surface area contributed by atoms with Crippen molar-refractivity contribution in [1.29, 1.82) is 5.26 Å². The predicted octanol–water partition coefficient (Wildman–Crippen LogP) is 0.299. The lowest BCUT2D eigenvalue weighted by molar-refractivity contribution is -0.120. The minimum absolute atomic E-state index is 0.0697. The van der Waals surface area contributed by atoms with Crippen molar-refractivity contribution in [2.45, 2.75) is 13.3 Å². The summed E-state index contributed by atoms with van der Waals surface area (Å²) < 4.78 is 4.88. The van der Waals surface area contributed by atoms with Gasteiger partial charge in [-0.3, -0.25) is 4.79 Å². The van der Waals surface area contributed by atoms with Gasteiger partial charge in [0, 0.05) is 13.7 Å². The molecule has 4 nitrogen and oxygen atoms in total. The number of carbonyl (C=O) groups excluding carboxylic acids is 1. The maximum absolute atomic E-state index is 10.8. The van der Waals surface area contributed by atoms with Gasteiger partial charge in [-0.1, -0.05) is 6.92 Å². The Balaban J connectivity index is 3.41. The molecule has 1 N–H and O–H groups in total. The van der Waals surface area contributed by atoms with Crippen molar-refractivity contribution in [3.63, 3.8) is 0 Å². The fourth-order valence-corrected chi connectivity index (χ4v) is 0.766. The first kappa shape index (κ1) is 10.9. The van der Waals surface area contributed by atoms with Crippen molar-refractivity contribution in [3.05, 3.63) is 0 Å². The summed E-state index contributed by atoms with van der Waals surface area (Å²) in [6.07, 6.45) is -0.0697. The van der Waals surface area contributed by atoms with Crippen LogP contribution in [-0.2, 0) is 9.53 Å². The topological polar surface area (TPSA) is 62.1 Å². The van der Waals surface area contributed by atoms with Gasteiger partial charge in [0.25, 0.3) is 0 Å². The third kappa shape index (κ3) is 5.69. The van der Waals surface area contributed by atoms with Gasteiger partial charge in [-0.15, -0.1) is 0 Å². The molecule has 0 fully saturated rings. The van der Waals surface area contributed by atoms with Crippen molar-refractivity contribution in [2.24, 2.45) is 5.92 Å². The molecular weight excluding hydrogens is 156 g/mol. The van der Waals surface area contributed by atoms with Crippen LogP contribution in [0.25, 0.3) is 0 Å². The fourth-order valence-electron chi connectivity index (χ4n) is 0.766. The molecule has 0 rings (SSSR count). The van der Waals surface area contributed by atoms with E-state index in [9.17, 15) is 4.79 Å². The molecule has 0 heterocycles. The molecular formula is C8H14N2O2. The van der Waals surface area contributed by atoms with Gasteiger partial charge in [-0.05, 0) is 5.92 Å². The number of carbonyl (C=O) groups is 1. The molecule has 0 saturated heterocycles. The van der Waals surface area contributed by atoms with E-state index in [1.165, 1.54) is 0 Å². The molecule has 0 radical (unpaired) electrons. The molecule has 0 aromatic rings. The lowest BCUT2D eigenvalue weighted by Gasteiger charge is -2.09. The Labute approximate surface area is 72.5 Å². The van der Waals surface area contributed by atoms with Gasteiger partial charge in [0.1, 0.15) is 6.42 Å². The number of rotatable bonds is 5. The summed E-state index contributed by atoms with van der Waals surface area (Å²) in [5.74, 6) is 0.0677. The first-order valence-electron chi connectivity index (χ1n) is 3.83. The second kappa shape index (κ2) is 6.62. The van der Waals surface area contributed by atoms with Crippen LogP contribution in [0.4, 0.5) is 0 Å². The van der Waals surface area contributed by atoms with E-state index in [1.807, 2.05) is 6.92 Å². The molecule has 0 spiro atoms. The Bertz CT molecular complexity index is 174. The molecule has 0 saturated carbocycles. The average Bonchev–Trinajstić information content (AvgIpc) is 2.02. The Hall–Kier alpha value is -1.08. The second-order valence-electron chi connectivity index (χ2n) is 2.70. The molecule has 0 aromatic heterocycles. The van der Waals surface area contributed by atoms with Crippen LogP contribution in [0.3, 0.4) is 0 Å². The first-order chi connectivity index (χ1) is 5.70. The van der Waals surface area contributed by atoms with Crippen molar-refractivity contribution in [1.82, 2.24) is 5.32 Å². The van der Waals surface area contributed by atoms with Crippen LogP contribution in [0.5, 0.6) is 0 Å². The standard InChI is InChI=1S/C8H14N2O2/c1-7(6-12-2)5-10-8(11)3-4-9/h7H,3,5-6H2,1-2H3,(H,10,11). The Kier molecular flexibility index (Phi) is 6.02. The van der Waals surface area contributed by atoms with Gasteiger partial charge >= 0.3 is 0 Å². The third-order valence-corrected chi connectivity index (χ3v) is 1.34. The van der Waals surface area contributed by atoms with Crippen LogP contribution in [0.2, 0.25) is 0 Å². The molecule has 4 heteroatoms. The molecule has 0 aromatic carbocycles. The number of amides is 1. The molecule has 68 valence electrons. The van der Waals surface area contributed by atoms with Crippen LogP contribution in [0, 0.1) is 17.2 Å². The van der Waals surface area contributed by atoms with Crippen LogP contribution < -0.4 is 5.32 Å². The summed E-state index contributed by atoms with van der Waals surface area (Å²) in [5.41, 5.74) is 0. The maximum atomic E-state index is 10.8. The van der Waals surface area contributed by atoms with Crippen LogP contribution >= 0.6 is 0 Å². The van der Waals surface area contributed by atoms with Gasteiger partial charge in [-0.25, -0.2) is 0 Å². The molecule has 12 heavy (non-hydrogen) atoms. The minimum atomic E-state index is -0.222. The highest BCUT2D eigenvalue weighted by Crippen LogP contribution is 1.92. The zero-order valence-corrected chi connectivity index (χ0v) is 7.46. The molecule has 0 aliphatic carbocycles. The summed E-state index contributed by atoms with van der Waals surface area (Å²) >= 11 is 0. The molecule has 0 aliphatic rings. The quantitative estimate of drug-likeness (QED) is 0.645. The number of hydrogen-bond acceptors (Lipinski definition) is 3. The maximum Gasteiger partial charge on any atom is 0.234 e. The number of nitrogens with one attached hydrogen (secondary N) is 1. The van der Waals surface area contributed by atoms with Gasteiger partial charge in [0.15, 0.2) is 0 Å². The Morgan fingerprint density at radius 3 is 2.92 bits per heavy atom. The number of nitriles is 1. The van der Waals surface area contributed by atoms with Crippen LogP contribution in [0.1, 0.15) is 13.3 Å². The number of ether oxygens (including phenoxy) is 1. The fraction of sp³-hybridized carbons (Fsp3) is 0.750. The van der Waals surface area contributed by atoms with Gasteiger partial charge in [0.2, 0.25) is 5.91 Å². The van der Waals surface area contributed by atoms with Crippen molar-refractivity contribution < 1.29 is 9.53 Å². The summed E-state index contributed by atoms with van der Waals surface area (Å²) in [6.45, 7) is 3.15. The Morgan fingerprint density at radius 1 is 1.75 bits per heavy atom. The summed E-state index contributed by atoms with van der Waals surface area (Å²) in [6, 6.07) is 1.78. The molecule has 1 unspecified atom stereocenters. The summed E-state index contributed by atoms with van der Waals surface area (Å²) in [4.78, 5) is 10.8. The van der Waals surface area contributed by atoms with E-state index in [0.717, 1.165) is 0 Å². The molecule has 0 bridgehead atoms. The van der Waals surface area contributed by atoms with E-state index < -0.39 is 0 Å². The zero-order chi connectivity index (χ0) is 9.40. The number of methoxy groups -OCH3 is 1. The minimum Gasteiger partial charge on any atom is -0.384 e. The molecule has 1 amide bonds. The summed E-state index contributed by atoms with van der Waals surface area (Å²) in [7, 11) is 1.62. The van der Waals surface area contributed by atoms with E-state index in [0.29, 0.717) is 13.2 Å². The smallest absolute Gasteiger partial charge is 0.234 e. The van der Waals surface area contributed by atoms with Crippen molar-refractivity contribution in [3.8, 4) is 6.07 Å². The monoisotopic (exact) mass is 170 g/mol. The number of nitrogens with zero attached hydrogens (tertiary/aromatic N) is 1. The molecule has 1 atom stereocenters. The molecule has 0 aliphatic heterocycles. The lowest BCUT2D eigenvalue weighted by atomic mass is 10.2. The highest BCUT2D eigenvalue weighted by Gasteiger charge is 2.03. The first-order valence-corrected chi connectivity index (χ1v) is 3.83. The normalized spacial score (nSPS) is 11.8. The predicted molar refractivity (Wildman–Crippen MR) is 44.3 cm³/mol. The van der Waals surface area contributed by atoms with Crippen molar-refractivity contribution in [2.75, 3.05) is 20.3 Å². The zero-order valence-electron chi connectivity index (χ0n) is 7.46. The highest BCUT2D eigenvalue weighted by atomic mass is 16.5. The van der Waals surface area contributed by atoms with Crippen LogP contribution in [0.15, 0.2) is 0 Å². The highest BCUT2D eigenvalue weighted by molar-refractivity contribution is 5.77.